The summed E-state index contributed by atoms with van der Waals surface area (Å²) in [6.45, 7) is 0.111. The normalized spacial score (nSPS) is 26.7. The van der Waals surface area contributed by atoms with Gasteiger partial charge < -0.3 is 9.47 Å². The van der Waals surface area contributed by atoms with E-state index in [1.54, 1.807) is 0 Å². The topological polar surface area (TPSA) is 8.17 Å². The van der Waals surface area contributed by atoms with Crippen molar-refractivity contribution < 1.29 is 2.74 Å². The number of anilines is 2. The molecule has 2 atom stereocenters. The second-order valence-corrected chi connectivity index (χ2v) is 9.95. The molecule has 0 bridgehead atoms. The van der Waals surface area contributed by atoms with Crippen molar-refractivity contribution in [1.29, 1.82) is 0 Å². The molecular formula is C30H23BN2. The van der Waals surface area contributed by atoms with E-state index >= 15 is 0 Å². The highest BCUT2D eigenvalue weighted by molar-refractivity contribution is 7.00. The van der Waals surface area contributed by atoms with E-state index in [4.69, 9.17) is 0 Å². The smallest absolute Gasteiger partial charge is 0.252 e. The highest BCUT2D eigenvalue weighted by atomic mass is 15.2. The van der Waals surface area contributed by atoms with Crippen LogP contribution in [0, 0.1) is 0 Å². The first-order valence-electron chi connectivity index (χ1n) is 13.2. The van der Waals surface area contributed by atoms with Crippen LogP contribution in [0.1, 0.15) is 39.9 Å². The van der Waals surface area contributed by atoms with E-state index in [-0.39, 0.29) is 6.71 Å². The minimum atomic E-state index is -0.977. The summed E-state index contributed by atoms with van der Waals surface area (Å²) in [5.74, 6) is -0.902. The molecule has 0 N–H and O–H groups in total. The molecule has 0 radical (unpaired) electrons. The predicted octanol–water partition coefficient (Wildman–Crippen LogP) is 5.10. The molecule has 0 saturated heterocycles. The van der Waals surface area contributed by atoms with Gasteiger partial charge >= 0.3 is 0 Å². The molecule has 9 rings (SSSR count). The maximum Gasteiger partial charge on any atom is 0.252 e. The van der Waals surface area contributed by atoms with Crippen molar-refractivity contribution in [3.05, 3.63) is 84.4 Å². The zero-order valence-corrected chi connectivity index (χ0v) is 18.3. The molecule has 156 valence electrons. The van der Waals surface area contributed by atoms with Gasteiger partial charge in [0.2, 0.25) is 0 Å². The lowest BCUT2D eigenvalue weighted by Crippen LogP contribution is -2.61. The van der Waals surface area contributed by atoms with Crippen molar-refractivity contribution in [2.24, 2.45) is 0 Å². The van der Waals surface area contributed by atoms with Gasteiger partial charge in [-0.15, -0.1) is 0 Å². The van der Waals surface area contributed by atoms with Gasteiger partial charge in [0.05, 0.1) is 6.89 Å². The molecule has 1 aromatic heterocycles. The van der Waals surface area contributed by atoms with Crippen LogP contribution in [0.5, 0.6) is 0 Å². The van der Waals surface area contributed by atoms with E-state index in [2.05, 4.69) is 88.3 Å². The molecule has 2 nitrogen and oxygen atoms in total. The zero-order chi connectivity index (χ0) is 23.1. The third-order valence-corrected chi connectivity index (χ3v) is 8.50. The highest BCUT2D eigenvalue weighted by Crippen LogP contribution is 2.52. The van der Waals surface area contributed by atoms with E-state index in [0.717, 1.165) is 42.6 Å². The van der Waals surface area contributed by atoms with Gasteiger partial charge in [0.25, 0.3) is 6.71 Å². The fourth-order valence-corrected chi connectivity index (χ4v) is 7.35. The number of para-hydroxylation sites is 3. The Morgan fingerprint density at radius 3 is 2.55 bits per heavy atom. The third kappa shape index (κ3) is 1.84. The SMILES string of the molecule is [2H]C12CCCCC1([2H])N1c3cccc4c3B(c3cccc2c31)c1cccc2c3ccccc3n-4c12. The fourth-order valence-electron chi connectivity index (χ4n) is 7.35. The Labute approximate surface area is 196 Å². The van der Waals surface area contributed by atoms with Crippen LogP contribution in [-0.2, 0) is 0 Å². The minimum absolute atomic E-state index is 0.111. The highest BCUT2D eigenvalue weighted by Gasteiger charge is 2.49. The minimum Gasteiger partial charge on any atom is -0.338 e. The summed E-state index contributed by atoms with van der Waals surface area (Å²) in [4.78, 5) is 2.27. The number of hydrogen-bond acceptors (Lipinski definition) is 1. The Hall–Kier alpha value is -3.46. The number of aromatic nitrogens is 1. The van der Waals surface area contributed by atoms with Gasteiger partial charge in [0, 0.05) is 46.6 Å². The average Bonchev–Trinajstić information content (AvgIpc) is 3.33. The van der Waals surface area contributed by atoms with Gasteiger partial charge in [0.1, 0.15) is 0 Å². The molecule has 5 aromatic rings. The van der Waals surface area contributed by atoms with Gasteiger partial charge in [0.15, 0.2) is 0 Å². The summed E-state index contributed by atoms with van der Waals surface area (Å²) in [5.41, 5.74) is 10.9. The molecule has 3 heteroatoms. The lowest BCUT2D eigenvalue weighted by Gasteiger charge is -2.41. The van der Waals surface area contributed by atoms with Crippen LogP contribution in [0.25, 0.3) is 27.5 Å². The van der Waals surface area contributed by atoms with Gasteiger partial charge in [-0.2, -0.15) is 0 Å². The summed E-state index contributed by atoms with van der Waals surface area (Å²) < 4.78 is 22.0. The lowest BCUT2D eigenvalue weighted by atomic mass is 9.34. The second kappa shape index (κ2) is 5.72. The zero-order valence-electron chi connectivity index (χ0n) is 20.3. The molecular weight excluding hydrogens is 399 g/mol. The molecule has 2 unspecified atom stereocenters. The van der Waals surface area contributed by atoms with Crippen LogP contribution in [-0.4, -0.2) is 17.3 Å². The standard InChI is InChI=1S/C30H23BN2/c1-3-14-24-18(8-1)20-10-5-12-22-29(20)32(24)26-16-7-17-27-28(26)31(22)23-13-6-11-21-19-9-2-4-15-25(19)33(27)30(21)23/h1,3,5-8,10-14,16-17,19,25H,2,4,9,15H2/i19D,25D. The van der Waals surface area contributed by atoms with Crippen molar-refractivity contribution in [3.63, 3.8) is 0 Å². The summed E-state index contributed by atoms with van der Waals surface area (Å²) in [6.07, 6.45) is 3.51. The molecule has 3 aliphatic heterocycles. The molecule has 4 aliphatic rings. The molecule has 0 spiro atoms. The summed E-state index contributed by atoms with van der Waals surface area (Å²) in [6, 6.07) is 27.7. The van der Waals surface area contributed by atoms with Crippen molar-refractivity contribution in [3.8, 4) is 5.69 Å². The van der Waals surface area contributed by atoms with Gasteiger partial charge in [-0.1, -0.05) is 73.5 Å². The number of nitrogens with zero attached hydrogens (tertiary/aromatic N) is 2. The van der Waals surface area contributed by atoms with E-state index in [0.29, 0.717) is 0 Å². The number of fused-ring (bicyclic) bond motifs is 10. The Bertz CT molecular complexity index is 1770. The van der Waals surface area contributed by atoms with E-state index in [1.165, 1.54) is 43.9 Å². The van der Waals surface area contributed by atoms with Crippen LogP contribution in [0.3, 0.4) is 0 Å². The van der Waals surface area contributed by atoms with Crippen LogP contribution >= 0.6 is 0 Å². The van der Waals surface area contributed by atoms with Gasteiger partial charge in [-0.25, -0.2) is 0 Å². The average molecular weight is 424 g/mol. The molecule has 1 aliphatic carbocycles. The molecule has 4 aromatic carbocycles. The first-order valence-corrected chi connectivity index (χ1v) is 12.2. The quantitative estimate of drug-likeness (QED) is 0.308. The summed E-state index contributed by atoms with van der Waals surface area (Å²) in [7, 11) is 0. The maximum atomic E-state index is 9.84. The Morgan fingerprint density at radius 1 is 0.758 bits per heavy atom. The second-order valence-electron chi connectivity index (χ2n) is 9.95. The number of benzene rings is 4. The fraction of sp³-hybridized carbons (Fsp3) is 0.200. The predicted molar refractivity (Wildman–Crippen MR) is 139 cm³/mol. The van der Waals surface area contributed by atoms with Crippen LogP contribution in [0.2, 0.25) is 0 Å². The third-order valence-electron chi connectivity index (χ3n) is 8.50. The molecule has 1 saturated carbocycles. The molecule has 33 heavy (non-hydrogen) atoms. The lowest BCUT2D eigenvalue weighted by molar-refractivity contribution is 0.402. The Balaban J connectivity index is 1.49. The van der Waals surface area contributed by atoms with Crippen molar-refractivity contribution >= 4 is 56.3 Å². The van der Waals surface area contributed by atoms with Crippen LogP contribution < -0.4 is 21.3 Å². The largest absolute Gasteiger partial charge is 0.338 e. The summed E-state index contributed by atoms with van der Waals surface area (Å²) >= 11 is 0. The maximum absolute atomic E-state index is 9.84. The van der Waals surface area contributed by atoms with E-state index in [1.807, 2.05) is 0 Å². The van der Waals surface area contributed by atoms with Crippen molar-refractivity contribution in [2.75, 3.05) is 4.90 Å². The first kappa shape index (κ1) is 15.4. The number of hydrogen-bond donors (Lipinski definition) is 0. The molecule has 4 heterocycles. The Morgan fingerprint density at radius 2 is 1.55 bits per heavy atom. The van der Waals surface area contributed by atoms with E-state index < -0.39 is 11.9 Å². The Kier molecular flexibility index (Phi) is 2.67. The van der Waals surface area contributed by atoms with E-state index in [9.17, 15) is 2.74 Å². The van der Waals surface area contributed by atoms with Crippen LogP contribution in [0.15, 0.2) is 78.9 Å². The van der Waals surface area contributed by atoms with Crippen molar-refractivity contribution in [2.45, 2.75) is 37.6 Å². The monoisotopic (exact) mass is 424 g/mol. The molecule has 0 amide bonds. The summed E-state index contributed by atoms with van der Waals surface area (Å²) in [5, 5.41) is 2.58. The van der Waals surface area contributed by atoms with Gasteiger partial charge in [-0.05, 0) is 53.0 Å². The van der Waals surface area contributed by atoms with Gasteiger partial charge in [-0.3, -0.25) is 0 Å². The number of rotatable bonds is 0. The first-order chi connectivity index (χ1) is 17.1. The molecule has 1 fully saturated rings. The van der Waals surface area contributed by atoms with Crippen LogP contribution in [0.4, 0.5) is 11.4 Å². The van der Waals surface area contributed by atoms with Crippen molar-refractivity contribution in [1.82, 2.24) is 4.57 Å².